The Kier molecular flexibility index (Phi) is 5.61. The van der Waals surface area contributed by atoms with E-state index in [0.29, 0.717) is 26.3 Å². The molecule has 1 heterocycles. The molecule has 1 N–H and O–H groups in total. The van der Waals surface area contributed by atoms with Crippen molar-refractivity contribution in [1.29, 1.82) is 0 Å². The van der Waals surface area contributed by atoms with Crippen LogP contribution in [-0.2, 0) is 15.7 Å². The van der Waals surface area contributed by atoms with Crippen LogP contribution >= 0.6 is 0 Å². The molecule has 1 aromatic carbocycles. The highest BCUT2D eigenvalue weighted by Crippen LogP contribution is 2.41. The number of ether oxygens (including phenoxy) is 2. The molecule has 1 saturated heterocycles. The number of alkyl halides is 3. The Bertz CT molecular complexity index is 451. The van der Waals surface area contributed by atoms with Gasteiger partial charge < -0.3 is 14.8 Å². The molecule has 1 aliphatic heterocycles. The number of hydrogen-bond donors (Lipinski definition) is 1. The highest BCUT2D eigenvalue weighted by Gasteiger charge is 2.38. The van der Waals surface area contributed by atoms with E-state index in [0.717, 1.165) is 12.5 Å². The summed E-state index contributed by atoms with van der Waals surface area (Å²) in [5, 5.41) is 3.20. The highest BCUT2D eigenvalue weighted by atomic mass is 19.4. The first kappa shape index (κ1) is 16.3. The Labute approximate surface area is 122 Å². The van der Waals surface area contributed by atoms with E-state index in [1.807, 2.05) is 0 Å². The van der Waals surface area contributed by atoms with E-state index in [4.69, 9.17) is 9.47 Å². The minimum atomic E-state index is -4.35. The average Bonchev–Trinajstić information content (AvgIpc) is 2.91. The average molecular weight is 303 g/mol. The zero-order valence-electron chi connectivity index (χ0n) is 12.0. The molecule has 1 fully saturated rings. The van der Waals surface area contributed by atoms with Crippen molar-refractivity contribution in [3.05, 3.63) is 35.4 Å². The van der Waals surface area contributed by atoms with Crippen LogP contribution in [0.5, 0.6) is 0 Å². The van der Waals surface area contributed by atoms with Gasteiger partial charge in [-0.25, -0.2) is 0 Å². The third-order valence-corrected chi connectivity index (χ3v) is 3.68. The van der Waals surface area contributed by atoms with E-state index in [-0.39, 0.29) is 11.5 Å². The summed E-state index contributed by atoms with van der Waals surface area (Å²) in [6, 6.07) is 5.67. The second-order valence-corrected chi connectivity index (χ2v) is 5.12. The maximum Gasteiger partial charge on any atom is 0.416 e. The third kappa shape index (κ3) is 4.18. The Balaban J connectivity index is 2.09. The van der Waals surface area contributed by atoms with Crippen LogP contribution in [0, 0.1) is 5.92 Å². The van der Waals surface area contributed by atoms with Crippen LogP contribution in [0.25, 0.3) is 0 Å². The molecule has 0 spiro atoms. The summed E-state index contributed by atoms with van der Waals surface area (Å²) in [5.41, 5.74) is -0.361. The lowest BCUT2D eigenvalue weighted by molar-refractivity contribution is -0.139. The summed E-state index contributed by atoms with van der Waals surface area (Å²) >= 11 is 0. The van der Waals surface area contributed by atoms with Gasteiger partial charge in [0.05, 0.1) is 18.3 Å². The second kappa shape index (κ2) is 7.24. The quantitative estimate of drug-likeness (QED) is 0.820. The van der Waals surface area contributed by atoms with E-state index in [2.05, 4.69) is 5.32 Å². The van der Waals surface area contributed by atoms with Gasteiger partial charge in [0.2, 0.25) is 0 Å². The van der Waals surface area contributed by atoms with Gasteiger partial charge in [0, 0.05) is 32.7 Å². The van der Waals surface area contributed by atoms with Gasteiger partial charge in [-0.05, 0) is 18.1 Å². The number of halogens is 3. The van der Waals surface area contributed by atoms with Crippen LogP contribution in [0.1, 0.15) is 23.7 Å². The van der Waals surface area contributed by atoms with Gasteiger partial charge in [-0.1, -0.05) is 18.2 Å². The molecule has 2 rings (SSSR count). The van der Waals surface area contributed by atoms with Gasteiger partial charge >= 0.3 is 6.18 Å². The molecule has 2 atom stereocenters. The van der Waals surface area contributed by atoms with E-state index < -0.39 is 17.8 Å². The summed E-state index contributed by atoms with van der Waals surface area (Å²) in [4.78, 5) is 0. The van der Waals surface area contributed by atoms with Crippen LogP contribution in [0.3, 0.4) is 0 Å². The lowest BCUT2D eigenvalue weighted by Crippen LogP contribution is -2.28. The minimum Gasteiger partial charge on any atom is -0.383 e. The molecule has 2 unspecified atom stereocenters. The fourth-order valence-electron chi connectivity index (χ4n) is 2.65. The van der Waals surface area contributed by atoms with Gasteiger partial charge in [-0.15, -0.1) is 0 Å². The molecule has 0 aliphatic carbocycles. The van der Waals surface area contributed by atoms with E-state index in [1.54, 1.807) is 13.2 Å². The molecule has 6 heteroatoms. The molecule has 0 amide bonds. The van der Waals surface area contributed by atoms with Crippen molar-refractivity contribution in [1.82, 2.24) is 5.32 Å². The van der Waals surface area contributed by atoms with Crippen LogP contribution in [0.2, 0.25) is 0 Å². The molecule has 1 aliphatic rings. The summed E-state index contributed by atoms with van der Waals surface area (Å²) in [6.07, 6.45) is -4.09. The minimum absolute atomic E-state index is 0.0466. The smallest absolute Gasteiger partial charge is 0.383 e. The van der Waals surface area contributed by atoms with Crippen molar-refractivity contribution in [3.8, 4) is 0 Å². The fraction of sp³-hybridized carbons (Fsp3) is 0.600. The van der Waals surface area contributed by atoms with Gasteiger partial charge in [-0.3, -0.25) is 0 Å². The maximum absolute atomic E-state index is 13.1. The molecule has 0 radical (unpaired) electrons. The molecule has 3 nitrogen and oxygen atoms in total. The van der Waals surface area contributed by atoms with Crippen molar-refractivity contribution in [3.63, 3.8) is 0 Å². The normalized spacial score (nSPS) is 22.7. The van der Waals surface area contributed by atoms with Gasteiger partial charge in [0.1, 0.15) is 0 Å². The topological polar surface area (TPSA) is 30.5 Å². The first-order chi connectivity index (χ1) is 10.0. The Morgan fingerprint density at radius 2 is 2.10 bits per heavy atom. The predicted octanol–water partition coefficient (Wildman–Crippen LogP) is 3.02. The van der Waals surface area contributed by atoms with Gasteiger partial charge in [0.15, 0.2) is 0 Å². The summed E-state index contributed by atoms with van der Waals surface area (Å²) in [6.45, 7) is 2.38. The number of rotatable bonds is 6. The lowest BCUT2D eigenvalue weighted by Gasteiger charge is -2.23. The maximum atomic E-state index is 13.1. The van der Waals surface area contributed by atoms with Crippen molar-refractivity contribution >= 4 is 0 Å². The van der Waals surface area contributed by atoms with Crippen molar-refractivity contribution in [2.24, 2.45) is 5.92 Å². The molecule has 0 aromatic heterocycles. The standard InChI is InChI=1S/C15H20F3NO2/c1-20-9-7-19-10-11-6-8-21-14(11)12-4-2-3-5-13(12)15(16,17)18/h2-5,11,14,19H,6-10H2,1H3. The summed E-state index contributed by atoms with van der Waals surface area (Å²) in [5.74, 6) is 0.0466. The number of nitrogens with one attached hydrogen (secondary N) is 1. The number of methoxy groups -OCH3 is 1. The van der Waals surface area contributed by atoms with Crippen molar-refractivity contribution < 1.29 is 22.6 Å². The molecule has 0 bridgehead atoms. The lowest BCUT2D eigenvalue weighted by atomic mass is 9.92. The SMILES string of the molecule is COCCNCC1CCOC1c1ccccc1C(F)(F)F. The monoisotopic (exact) mass is 303 g/mol. The van der Waals surface area contributed by atoms with Crippen LogP contribution in [-0.4, -0.2) is 33.4 Å². The molecular formula is C15H20F3NO2. The first-order valence-electron chi connectivity index (χ1n) is 7.01. The second-order valence-electron chi connectivity index (χ2n) is 5.12. The van der Waals surface area contributed by atoms with Gasteiger partial charge in [-0.2, -0.15) is 13.2 Å². The zero-order chi connectivity index (χ0) is 15.3. The highest BCUT2D eigenvalue weighted by molar-refractivity contribution is 5.32. The summed E-state index contributed by atoms with van der Waals surface area (Å²) in [7, 11) is 1.61. The molecule has 0 saturated carbocycles. The van der Waals surface area contributed by atoms with Crippen LogP contribution in [0.4, 0.5) is 13.2 Å². The first-order valence-corrected chi connectivity index (χ1v) is 7.01. The van der Waals surface area contributed by atoms with E-state index in [1.165, 1.54) is 12.1 Å². The molecule has 21 heavy (non-hydrogen) atoms. The molecule has 118 valence electrons. The third-order valence-electron chi connectivity index (χ3n) is 3.68. The Morgan fingerprint density at radius 3 is 2.81 bits per heavy atom. The fourth-order valence-corrected chi connectivity index (χ4v) is 2.65. The Morgan fingerprint density at radius 1 is 1.33 bits per heavy atom. The molecule has 1 aromatic rings. The largest absolute Gasteiger partial charge is 0.416 e. The van der Waals surface area contributed by atoms with Crippen LogP contribution in [0.15, 0.2) is 24.3 Å². The van der Waals surface area contributed by atoms with Crippen LogP contribution < -0.4 is 5.32 Å². The van der Waals surface area contributed by atoms with E-state index in [9.17, 15) is 13.2 Å². The predicted molar refractivity (Wildman–Crippen MR) is 73.0 cm³/mol. The van der Waals surface area contributed by atoms with Gasteiger partial charge in [0.25, 0.3) is 0 Å². The molecular weight excluding hydrogens is 283 g/mol. The number of hydrogen-bond acceptors (Lipinski definition) is 3. The number of benzene rings is 1. The van der Waals surface area contributed by atoms with Crippen molar-refractivity contribution in [2.45, 2.75) is 18.7 Å². The Hall–Kier alpha value is -1.11. The summed E-state index contributed by atoms with van der Waals surface area (Å²) < 4.78 is 49.8. The van der Waals surface area contributed by atoms with E-state index >= 15 is 0 Å². The van der Waals surface area contributed by atoms with Crippen molar-refractivity contribution in [2.75, 3.05) is 33.4 Å². The zero-order valence-corrected chi connectivity index (χ0v) is 12.0.